The molecule has 0 spiro atoms. The van der Waals surface area contributed by atoms with Crippen molar-refractivity contribution in [1.82, 2.24) is 9.99 Å². The lowest BCUT2D eigenvalue weighted by Gasteiger charge is -2.02. The quantitative estimate of drug-likeness (QED) is 0.518. The van der Waals surface area contributed by atoms with E-state index in [9.17, 15) is 9.59 Å². The van der Waals surface area contributed by atoms with E-state index < -0.39 is 11.8 Å². The Bertz CT molecular complexity index is 1030. The fourth-order valence-electron chi connectivity index (χ4n) is 2.57. The number of rotatable bonds is 5. The first-order valence-electron chi connectivity index (χ1n) is 7.60. The number of hydrogen-bond acceptors (Lipinski definition) is 3. The number of carbonyl (C=O) groups excluding carboxylic acids is 2. The van der Waals surface area contributed by atoms with Crippen molar-refractivity contribution < 1.29 is 9.59 Å². The van der Waals surface area contributed by atoms with E-state index in [0.717, 1.165) is 16.5 Å². The molecule has 3 aromatic rings. The number of halogens is 2. The summed E-state index contributed by atoms with van der Waals surface area (Å²) in [6.07, 6.45) is 3.25. The minimum atomic E-state index is -0.455. The first kappa shape index (κ1) is 18.0. The molecule has 0 aliphatic rings. The molecule has 0 fully saturated rings. The maximum Gasteiger partial charge on any atom is 0.272 e. The smallest absolute Gasteiger partial charge is 0.272 e. The van der Waals surface area contributed by atoms with Crippen molar-refractivity contribution in [2.24, 2.45) is 10.8 Å². The van der Waals surface area contributed by atoms with E-state index in [2.05, 4.69) is 10.5 Å². The van der Waals surface area contributed by atoms with Crippen LogP contribution in [0.3, 0.4) is 0 Å². The summed E-state index contributed by atoms with van der Waals surface area (Å²) in [5.41, 5.74) is 9.56. The molecule has 6 nitrogen and oxygen atoms in total. The number of nitrogens with zero attached hydrogens (tertiary/aromatic N) is 2. The second-order valence-corrected chi connectivity index (χ2v) is 6.36. The summed E-state index contributed by atoms with van der Waals surface area (Å²) in [6, 6.07) is 12.1. The predicted octanol–water partition coefficient (Wildman–Crippen LogP) is 3.20. The number of para-hydroxylation sites is 1. The van der Waals surface area contributed by atoms with Crippen molar-refractivity contribution in [3.63, 3.8) is 0 Å². The van der Waals surface area contributed by atoms with E-state index in [1.54, 1.807) is 16.8 Å². The van der Waals surface area contributed by atoms with Crippen molar-refractivity contribution in [3.05, 3.63) is 69.8 Å². The summed E-state index contributed by atoms with van der Waals surface area (Å²) in [4.78, 5) is 23.4. The number of carbonyl (C=O) groups is 2. The van der Waals surface area contributed by atoms with Gasteiger partial charge in [0.15, 0.2) is 0 Å². The minimum Gasteiger partial charge on any atom is -0.368 e. The molecule has 26 heavy (non-hydrogen) atoms. The molecule has 3 N–H and O–H groups in total. The van der Waals surface area contributed by atoms with Crippen molar-refractivity contribution in [2.75, 3.05) is 0 Å². The Kier molecular flexibility index (Phi) is 5.25. The summed E-state index contributed by atoms with van der Waals surface area (Å²) in [5.74, 6) is -0.899. The first-order chi connectivity index (χ1) is 12.5. The Morgan fingerprint density at radius 2 is 1.96 bits per heavy atom. The molecule has 0 unspecified atom stereocenters. The van der Waals surface area contributed by atoms with E-state index in [1.165, 1.54) is 18.3 Å². The minimum absolute atomic E-state index is 0.0566. The number of nitrogens with two attached hydrogens (primary N) is 1. The monoisotopic (exact) mass is 388 g/mol. The Morgan fingerprint density at radius 3 is 2.69 bits per heavy atom. The van der Waals surface area contributed by atoms with Crippen LogP contribution in [0.25, 0.3) is 10.9 Å². The fourth-order valence-corrected chi connectivity index (χ4v) is 3.07. The zero-order valence-corrected chi connectivity index (χ0v) is 15.0. The highest BCUT2D eigenvalue weighted by Crippen LogP contribution is 2.21. The molecule has 0 saturated carbocycles. The summed E-state index contributed by atoms with van der Waals surface area (Å²) in [7, 11) is 0. The highest BCUT2D eigenvalue weighted by molar-refractivity contribution is 6.36. The normalized spacial score (nSPS) is 11.2. The fraction of sp³-hybridized carbons (Fsp3) is 0.0556. The molecule has 0 aliphatic carbocycles. The Hall–Kier alpha value is -2.83. The molecule has 8 heteroatoms. The molecule has 0 radical (unpaired) electrons. The SMILES string of the molecule is NC(=O)Cn1cc(/C=N\NC(=O)c2ccc(Cl)cc2Cl)c2ccccc21. The van der Waals surface area contributed by atoms with Gasteiger partial charge in [0.1, 0.15) is 6.54 Å². The van der Waals surface area contributed by atoms with Crippen LogP contribution in [0.5, 0.6) is 0 Å². The molecule has 1 aromatic heterocycles. The third-order valence-corrected chi connectivity index (χ3v) is 4.24. The third kappa shape index (κ3) is 3.87. The molecule has 2 aromatic carbocycles. The molecule has 132 valence electrons. The molecule has 0 atom stereocenters. The van der Waals surface area contributed by atoms with Gasteiger partial charge in [-0.3, -0.25) is 9.59 Å². The lowest BCUT2D eigenvalue weighted by atomic mass is 10.2. The van der Waals surface area contributed by atoms with E-state index in [1.807, 2.05) is 24.3 Å². The third-order valence-electron chi connectivity index (χ3n) is 3.69. The van der Waals surface area contributed by atoms with Crippen LogP contribution in [0.1, 0.15) is 15.9 Å². The largest absolute Gasteiger partial charge is 0.368 e. The van der Waals surface area contributed by atoms with Gasteiger partial charge in [0, 0.05) is 27.7 Å². The van der Waals surface area contributed by atoms with Gasteiger partial charge in [0.25, 0.3) is 5.91 Å². The maximum atomic E-state index is 12.2. The Balaban J connectivity index is 1.82. The molecular weight excluding hydrogens is 375 g/mol. The van der Waals surface area contributed by atoms with Gasteiger partial charge in [0.2, 0.25) is 5.91 Å². The Labute approximate surface area is 159 Å². The van der Waals surface area contributed by atoms with Crippen LogP contribution in [-0.2, 0) is 11.3 Å². The number of hydrogen-bond donors (Lipinski definition) is 2. The van der Waals surface area contributed by atoms with Gasteiger partial charge < -0.3 is 10.3 Å². The van der Waals surface area contributed by atoms with Gasteiger partial charge in [0.05, 0.1) is 16.8 Å². The highest BCUT2D eigenvalue weighted by atomic mass is 35.5. The predicted molar refractivity (Wildman–Crippen MR) is 103 cm³/mol. The number of primary amides is 1. The van der Waals surface area contributed by atoms with Crippen LogP contribution in [-0.4, -0.2) is 22.6 Å². The lowest BCUT2D eigenvalue weighted by Crippen LogP contribution is -2.18. The number of benzene rings is 2. The van der Waals surface area contributed by atoms with Gasteiger partial charge >= 0.3 is 0 Å². The second-order valence-electron chi connectivity index (χ2n) is 5.52. The lowest BCUT2D eigenvalue weighted by molar-refractivity contribution is -0.118. The van der Waals surface area contributed by atoms with Crippen molar-refractivity contribution in [1.29, 1.82) is 0 Å². The standard InChI is InChI=1S/C18H14Cl2N4O2/c19-12-5-6-14(15(20)7-12)18(26)23-22-8-11-9-24(10-17(21)25)16-4-2-1-3-13(11)16/h1-9H,10H2,(H2,21,25)(H,23,26)/b22-8-. The number of hydrazone groups is 1. The first-order valence-corrected chi connectivity index (χ1v) is 8.36. The summed E-state index contributed by atoms with van der Waals surface area (Å²) in [5, 5.41) is 5.54. The number of nitrogens with one attached hydrogen (secondary N) is 1. The van der Waals surface area contributed by atoms with E-state index in [-0.39, 0.29) is 17.1 Å². The van der Waals surface area contributed by atoms with E-state index in [0.29, 0.717) is 5.02 Å². The Morgan fingerprint density at radius 1 is 1.19 bits per heavy atom. The van der Waals surface area contributed by atoms with Crippen molar-refractivity contribution in [2.45, 2.75) is 6.54 Å². The van der Waals surface area contributed by atoms with Crippen molar-refractivity contribution in [3.8, 4) is 0 Å². The maximum absolute atomic E-state index is 12.2. The summed E-state index contributed by atoms with van der Waals surface area (Å²) in [6.45, 7) is 0.0566. The number of amides is 2. The summed E-state index contributed by atoms with van der Waals surface area (Å²) < 4.78 is 1.73. The average molecular weight is 389 g/mol. The average Bonchev–Trinajstić information content (AvgIpc) is 2.92. The van der Waals surface area contributed by atoms with Gasteiger partial charge in [-0.15, -0.1) is 0 Å². The van der Waals surface area contributed by atoms with Gasteiger partial charge in [-0.25, -0.2) is 5.43 Å². The molecule has 1 heterocycles. The molecule has 0 saturated heterocycles. The van der Waals surface area contributed by atoms with Crippen LogP contribution in [0.2, 0.25) is 10.0 Å². The van der Waals surface area contributed by atoms with Crippen LogP contribution >= 0.6 is 23.2 Å². The van der Waals surface area contributed by atoms with Gasteiger partial charge in [-0.05, 0) is 24.3 Å². The van der Waals surface area contributed by atoms with Crippen LogP contribution in [0.4, 0.5) is 0 Å². The van der Waals surface area contributed by atoms with Crippen LogP contribution < -0.4 is 11.2 Å². The number of aromatic nitrogens is 1. The van der Waals surface area contributed by atoms with Crippen LogP contribution in [0, 0.1) is 0 Å². The van der Waals surface area contributed by atoms with Gasteiger partial charge in [-0.2, -0.15) is 5.10 Å². The van der Waals surface area contributed by atoms with E-state index >= 15 is 0 Å². The molecule has 0 bridgehead atoms. The molecule has 0 aliphatic heterocycles. The molecule has 3 rings (SSSR count). The molecule has 2 amide bonds. The highest BCUT2D eigenvalue weighted by Gasteiger charge is 2.11. The zero-order chi connectivity index (χ0) is 18.7. The molecular formula is C18H14Cl2N4O2. The van der Waals surface area contributed by atoms with Crippen LogP contribution in [0.15, 0.2) is 53.8 Å². The zero-order valence-electron chi connectivity index (χ0n) is 13.4. The van der Waals surface area contributed by atoms with E-state index in [4.69, 9.17) is 28.9 Å². The van der Waals surface area contributed by atoms with Gasteiger partial charge in [-0.1, -0.05) is 41.4 Å². The topological polar surface area (TPSA) is 89.5 Å². The number of fused-ring (bicyclic) bond motifs is 1. The second kappa shape index (κ2) is 7.59. The van der Waals surface area contributed by atoms with Crippen molar-refractivity contribution >= 4 is 52.1 Å². The summed E-state index contributed by atoms with van der Waals surface area (Å²) >= 11 is 11.8.